The number of imidazole rings is 1. The van der Waals surface area contributed by atoms with Crippen LogP contribution in [0, 0.1) is 5.92 Å². The van der Waals surface area contributed by atoms with Gasteiger partial charge in [0.25, 0.3) is 0 Å². The summed E-state index contributed by atoms with van der Waals surface area (Å²) in [6, 6.07) is -4.06. The molecule has 0 radical (unpaired) electrons. The summed E-state index contributed by atoms with van der Waals surface area (Å²) in [6.45, 7) is 3.84. The molecule has 1 aromatic rings. The van der Waals surface area contributed by atoms with Crippen LogP contribution in [0.1, 0.15) is 45.2 Å². The Hall–Kier alpha value is -3.48. The van der Waals surface area contributed by atoms with Crippen LogP contribution >= 0.6 is 0 Å². The number of rotatable bonds is 12. The summed E-state index contributed by atoms with van der Waals surface area (Å²) in [5.74, 6) is -3.77. The lowest BCUT2D eigenvalue weighted by molar-refractivity contribution is -0.145. The average molecular weight is 480 g/mol. The van der Waals surface area contributed by atoms with Gasteiger partial charge in [0, 0.05) is 31.3 Å². The molecule has 1 aliphatic rings. The van der Waals surface area contributed by atoms with Crippen molar-refractivity contribution in [3.63, 3.8) is 0 Å². The standard InChI is InChI=1S/C21H33N7O6/c1-11(2)17(23)19(31)27-14(8-12-9-24-10-25-12)20(32)28-7-3-4-15(28)18(30)26-13(21(33)34)5-6-16(22)29/h9-11,13-15,17H,3-8,23H2,1-2H3,(H2,22,29)(H,24,25)(H,26,30)(H,27,31)(H,33,34). The van der Waals surface area contributed by atoms with E-state index in [0.717, 1.165) is 0 Å². The third kappa shape index (κ3) is 7.27. The van der Waals surface area contributed by atoms with Crippen molar-refractivity contribution >= 4 is 29.6 Å². The van der Waals surface area contributed by atoms with Crippen LogP contribution in [0.4, 0.5) is 0 Å². The molecule has 4 amide bonds. The Labute approximate surface area is 197 Å². The van der Waals surface area contributed by atoms with E-state index in [0.29, 0.717) is 18.5 Å². The number of likely N-dealkylation sites (tertiary alicyclic amines) is 1. The van der Waals surface area contributed by atoms with Crippen LogP contribution in [0.3, 0.4) is 0 Å². The molecule has 1 aliphatic heterocycles. The van der Waals surface area contributed by atoms with Gasteiger partial charge in [-0.2, -0.15) is 0 Å². The molecule has 2 rings (SSSR count). The third-order valence-electron chi connectivity index (χ3n) is 5.75. The van der Waals surface area contributed by atoms with Crippen molar-refractivity contribution in [2.75, 3.05) is 6.54 Å². The van der Waals surface area contributed by atoms with Gasteiger partial charge in [-0.1, -0.05) is 13.8 Å². The number of carbonyl (C=O) groups is 5. The first-order chi connectivity index (χ1) is 16.0. The fourth-order valence-electron chi connectivity index (χ4n) is 3.70. The molecule has 0 saturated carbocycles. The minimum Gasteiger partial charge on any atom is -0.480 e. The Kier molecular flexibility index (Phi) is 9.54. The summed E-state index contributed by atoms with van der Waals surface area (Å²) in [7, 11) is 0. The molecule has 2 heterocycles. The molecular weight excluding hydrogens is 446 g/mol. The number of H-pyrrole nitrogens is 1. The molecule has 1 saturated heterocycles. The normalized spacial score (nSPS) is 18.2. The van der Waals surface area contributed by atoms with Gasteiger partial charge in [-0.15, -0.1) is 0 Å². The summed E-state index contributed by atoms with van der Waals surface area (Å²) in [6.07, 6.45) is 3.56. The number of aromatic nitrogens is 2. The van der Waals surface area contributed by atoms with Crippen LogP contribution in [-0.2, 0) is 30.4 Å². The molecular formula is C21H33N7O6. The second kappa shape index (κ2) is 12.1. The topological polar surface area (TPSA) is 214 Å². The predicted molar refractivity (Wildman–Crippen MR) is 120 cm³/mol. The molecule has 0 aromatic carbocycles. The zero-order chi connectivity index (χ0) is 25.4. The van der Waals surface area contributed by atoms with E-state index in [1.54, 1.807) is 13.8 Å². The van der Waals surface area contributed by atoms with Gasteiger partial charge >= 0.3 is 5.97 Å². The number of nitrogens with one attached hydrogen (secondary N) is 3. The Bertz CT molecular complexity index is 888. The number of amides is 4. The van der Waals surface area contributed by atoms with E-state index in [-0.39, 0.29) is 31.7 Å². The van der Waals surface area contributed by atoms with E-state index in [9.17, 15) is 29.1 Å². The maximum Gasteiger partial charge on any atom is 0.326 e. The maximum absolute atomic E-state index is 13.4. The zero-order valence-electron chi connectivity index (χ0n) is 19.3. The molecule has 4 unspecified atom stereocenters. The number of nitrogens with zero attached hydrogens (tertiary/aromatic N) is 2. The largest absolute Gasteiger partial charge is 0.480 e. The van der Waals surface area contributed by atoms with Gasteiger partial charge in [0.1, 0.15) is 18.1 Å². The number of aromatic amines is 1. The van der Waals surface area contributed by atoms with Crippen LogP contribution < -0.4 is 22.1 Å². The van der Waals surface area contributed by atoms with Gasteiger partial charge in [0.15, 0.2) is 0 Å². The second-order valence-corrected chi connectivity index (χ2v) is 8.71. The van der Waals surface area contributed by atoms with Crippen molar-refractivity contribution in [2.24, 2.45) is 17.4 Å². The van der Waals surface area contributed by atoms with Gasteiger partial charge in [-0.05, 0) is 25.2 Å². The second-order valence-electron chi connectivity index (χ2n) is 8.71. The van der Waals surface area contributed by atoms with Crippen molar-refractivity contribution in [2.45, 2.75) is 70.1 Å². The van der Waals surface area contributed by atoms with Gasteiger partial charge in [-0.3, -0.25) is 19.2 Å². The molecule has 4 atom stereocenters. The predicted octanol–water partition coefficient (Wildman–Crippen LogP) is -1.75. The molecule has 34 heavy (non-hydrogen) atoms. The van der Waals surface area contributed by atoms with E-state index in [4.69, 9.17) is 11.5 Å². The number of hydrogen-bond donors (Lipinski definition) is 6. The minimum atomic E-state index is -1.32. The fourth-order valence-corrected chi connectivity index (χ4v) is 3.70. The highest BCUT2D eigenvalue weighted by Crippen LogP contribution is 2.20. The lowest BCUT2D eigenvalue weighted by atomic mass is 10.0. The summed E-state index contributed by atoms with van der Waals surface area (Å²) in [5, 5.41) is 14.4. The van der Waals surface area contributed by atoms with Crippen molar-refractivity contribution in [3.8, 4) is 0 Å². The van der Waals surface area contributed by atoms with Gasteiger partial charge in [0.05, 0.1) is 12.4 Å². The molecule has 8 N–H and O–H groups in total. The van der Waals surface area contributed by atoms with Gasteiger partial charge in [-0.25, -0.2) is 9.78 Å². The molecule has 1 fully saturated rings. The third-order valence-corrected chi connectivity index (χ3v) is 5.75. The SMILES string of the molecule is CC(C)C(N)C(=O)NC(Cc1cnc[nH]1)C(=O)N1CCCC1C(=O)NC(CCC(N)=O)C(=O)O. The van der Waals surface area contributed by atoms with Crippen molar-refractivity contribution in [1.82, 2.24) is 25.5 Å². The lowest BCUT2D eigenvalue weighted by Crippen LogP contribution is -2.57. The summed E-state index contributed by atoms with van der Waals surface area (Å²) in [5.41, 5.74) is 11.6. The first-order valence-electron chi connectivity index (χ1n) is 11.2. The molecule has 13 heteroatoms. The zero-order valence-corrected chi connectivity index (χ0v) is 19.3. The Morgan fingerprint density at radius 3 is 2.50 bits per heavy atom. The highest BCUT2D eigenvalue weighted by molar-refractivity contribution is 5.94. The van der Waals surface area contributed by atoms with Crippen LogP contribution in [0.25, 0.3) is 0 Å². The number of carboxylic acids is 1. The minimum absolute atomic E-state index is 0.108. The molecule has 1 aromatic heterocycles. The van der Waals surface area contributed by atoms with E-state index in [2.05, 4.69) is 20.6 Å². The molecule has 0 spiro atoms. The first-order valence-corrected chi connectivity index (χ1v) is 11.2. The van der Waals surface area contributed by atoms with Crippen LogP contribution in [0.2, 0.25) is 0 Å². The molecule has 13 nitrogen and oxygen atoms in total. The Morgan fingerprint density at radius 2 is 1.94 bits per heavy atom. The fraction of sp³-hybridized carbons (Fsp3) is 0.619. The first kappa shape index (κ1) is 26.8. The number of hydrogen-bond acceptors (Lipinski definition) is 7. The van der Waals surface area contributed by atoms with Gasteiger partial charge in [0.2, 0.25) is 23.6 Å². The number of nitrogens with two attached hydrogens (primary N) is 2. The smallest absolute Gasteiger partial charge is 0.326 e. The van der Waals surface area contributed by atoms with E-state index in [1.807, 2.05) is 0 Å². The van der Waals surface area contributed by atoms with Gasteiger partial charge < -0.3 is 37.1 Å². The monoisotopic (exact) mass is 479 g/mol. The summed E-state index contributed by atoms with van der Waals surface area (Å²) >= 11 is 0. The van der Waals surface area contributed by atoms with Crippen molar-refractivity contribution in [3.05, 3.63) is 18.2 Å². The highest BCUT2D eigenvalue weighted by Gasteiger charge is 2.39. The Balaban J connectivity index is 2.16. The molecule has 0 aliphatic carbocycles. The van der Waals surface area contributed by atoms with E-state index >= 15 is 0 Å². The number of carboxylic acid groups (broad SMARTS) is 1. The van der Waals surface area contributed by atoms with E-state index in [1.165, 1.54) is 17.4 Å². The van der Waals surface area contributed by atoms with Crippen molar-refractivity contribution in [1.29, 1.82) is 0 Å². The van der Waals surface area contributed by atoms with Crippen molar-refractivity contribution < 1.29 is 29.1 Å². The number of primary amides is 1. The lowest BCUT2D eigenvalue weighted by Gasteiger charge is -2.30. The summed E-state index contributed by atoms with van der Waals surface area (Å²) in [4.78, 5) is 69.5. The Morgan fingerprint density at radius 1 is 1.24 bits per heavy atom. The molecule has 0 bridgehead atoms. The van der Waals surface area contributed by atoms with Crippen LogP contribution in [0.5, 0.6) is 0 Å². The quantitative estimate of drug-likeness (QED) is 0.202. The van der Waals surface area contributed by atoms with Crippen LogP contribution in [0.15, 0.2) is 12.5 Å². The van der Waals surface area contributed by atoms with E-state index < -0.39 is 53.8 Å². The average Bonchev–Trinajstić information content (AvgIpc) is 3.46. The maximum atomic E-state index is 13.4. The van der Waals surface area contributed by atoms with Crippen LogP contribution in [-0.4, -0.2) is 80.3 Å². The number of aliphatic carboxylic acids is 1. The molecule has 188 valence electrons. The highest BCUT2D eigenvalue weighted by atomic mass is 16.4. The summed E-state index contributed by atoms with van der Waals surface area (Å²) < 4.78 is 0. The number of carbonyl (C=O) groups excluding carboxylic acids is 4.